The normalized spacial score (nSPS) is 18.4. The highest BCUT2D eigenvalue weighted by atomic mass is 15.0. The number of nitrogens with zero attached hydrogens (tertiary/aromatic N) is 2. The predicted molar refractivity (Wildman–Crippen MR) is 265 cm³/mol. The number of nitrogens with two attached hydrogens (primary N) is 1. The summed E-state index contributed by atoms with van der Waals surface area (Å²) in [5, 5.41) is 9.82. The van der Waals surface area contributed by atoms with Crippen molar-refractivity contribution >= 4 is 60.5 Å². The van der Waals surface area contributed by atoms with Crippen LogP contribution in [-0.2, 0) is 5.41 Å². The molecule has 3 nitrogen and oxygen atoms in total. The Morgan fingerprint density at radius 3 is 2.14 bits per heavy atom. The predicted octanol–water partition coefficient (Wildman–Crippen LogP) is 13.6. The Morgan fingerprint density at radius 2 is 1.25 bits per heavy atom. The van der Waals surface area contributed by atoms with Crippen LogP contribution in [0.1, 0.15) is 57.8 Å². The van der Waals surface area contributed by atoms with Gasteiger partial charge in [0.25, 0.3) is 0 Å². The van der Waals surface area contributed by atoms with Crippen LogP contribution < -0.4 is 5.32 Å². The van der Waals surface area contributed by atoms with Crippen LogP contribution in [-0.4, -0.2) is 10.4 Å². The van der Waals surface area contributed by atoms with Crippen molar-refractivity contribution in [2.45, 2.75) is 24.3 Å². The summed E-state index contributed by atoms with van der Waals surface area (Å²) in [5.41, 5.74) is 19.1. The number of fused-ring (bicyclic) bond motifs is 14. The first-order valence-corrected chi connectivity index (χ1v) is 22.6. The molecule has 0 fully saturated rings. The summed E-state index contributed by atoms with van der Waals surface area (Å²) < 4.78 is 2.46. The minimum absolute atomic E-state index is 0.0135. The number of aromatic nitrogens is 1. The quantitative estimate of drug-likeness (QED) is 0.184. The second-order valence-electron chi connectivity index (χ2n) is 17.9. The lowest BCUT2D eigenvalue weighted by atomic mass is 9.68. The first kappa shape index (κ1) is 35.7. The lowest BCUT2D eigenvalue weighted by Crippen LogP contribution is -2.89. The molecule has 1 aromatic heterocycles. The molecule has 4 aliphatic rings. The fourth-order valence-corrected chi connectivity index (χ4v) is 11.9. The Balaban J connectivity index is 0.911. The number of amidine groups is 1. The monoisotopic (exact) mass is 816 g/mol. The summed E-state index contributed by atoms with van der Waals surface area (Å²) >= 11 is 0. The van der Waals surface area contributed by atoms with Crippen LogP contribution in [0.4, 0.5) is 0 Å². The third kappa shape index (κ3) is 4.99. The summed E-state index contributed by atoms with van der Waals surface area (Å²) in [5.74, 6) is 0.995. The smallest absolute Gasteiger partial charge is 0.232 e. The molecule has 1 spiro atoms. The van der Waals surface area contributed by atoms with E-state index in [-0.39, 0.29) is 11.5 Å². The molecular formula is C61H42N3+. The van der Waals surface area contributed by atoms with Gasteiger partial charge in [0.15, 0.2) is 0 Å². The molecule has 2 N–H and O–H groups in total. The van der Waals surface area contributed by atoms with Crippen molar-refractivity contribution in [2.75, 3.05) is 0 Å². The summed E-state index contributed by atoms with van der Waals surface area (Å²) in [7, 11) is 0. The molecular weight excluding hydrogens is 775 g/mol. The summed E-state index contributed by atoms with van der Waals surface area (Å²) in [6.45, 7) is 0. The fourth-order valence-electron chi connectivity index (χ4n) is 11.9. The van der Waals surface area contributed by atoms with Crippen molar-refractivity contribution in [3.05, 3.63) is 257 Å². The molecule has 64 heavy (non-hydrogen) atoms. The topological polar surface area (TPSA) is 33.9 Å². The van der Waals surface area contributed by atoms with Gasteiger partial charge in [0.05, 0.1) is 33.4 Å². The van der Waals surface area contributed by atoms with Gasteiger partial charge in [-0.25, -0.2) is 0 Å². The van der Waals surface area contributed by atoms with Crippen molar-refractivity contribution in [3.63, 3.8) is 0 Å². The average Bonchev–Trinajstić information content (AvgIpc) is 3.96. The van der Waals surface area contributed by atoms with Crippen LogP contribution in [0.25, 0.3) is 71.4 Å². The van der Waals surface area contributed by atoms with Crippen molar-refractivity contribution in [3.8, 4) is 16.8 Å². The highest BCUT2D eigenvalue weighted by molar-refractivity contribution is 6.15. The third-order valence-corrected chi connectivity index (χ3v) is 14.6. The molecule has 2 atom stereocenters. The number of benzene rings is 9. The lowest BCUT2D eigenvalue weighted by Gasteiger charge is -2.33. The van der Waals surface area contributed by atoms with Crippen LogP contribution in [0.15, 0.2) is 223 Å². The van der Waals surface area contributed by atoms with E-state index in [1.807, 2.05) is 0 Å². The minimum atomic E-state index is -0.310. The minimum Gasteiger partial charge on any atom is -0.309 e. The van der Waals surface area contributed by atoms with E-state index in [9.17, 15) is 0 Å². The van der Waals surface area contributed by atoms with E-state index in [2.05, 4.69) is 222 Å². The Hall–Kier alpha value is -7.85. The second-order valence-corrected chi connectivity index (χ2v) is 17.9. The van der Waals surface area contributed by atoms with E-state index in [0.717, 1.165) is 35.5 Å². The first-order chi connectivity index (χ1) is 31.7. The van der Waals surface area contributed by atoms with Crippen molar-refractivity contribution in [1.29, 1.82) is 0 Å². The van der Waals surface area contributed by atoms with Crippen molar-refractivity contribution in [2.24, 2.45) is 4.99 Å². The Morgan fingerprint density at radius 1 is 0.516 bits per heavy atom. The van der Waals surface area contributed by atoms with Gasteiger partial charge in [-0.15, -0.1) is 0 Å². The number of aliphatic imine (C=N–C) groups is 1. The molecule has 0 radical (unpaired) electrons. The largest absolute Gasteiger partial charge is 0.309 e. The average molecular weight is 817 g/mol. The van der Waals surface area contributed by atoms with Crippen LogP contribution >= 0.6 is 0 Å². The molecule has 0 saturated heterocycles. The molecule has 1 aliphatic heterocycles. The van der Waals surface area contributed by atoms with E-state index >= 15 is 0 Å². The molecule has 9 aromatic carbocycles. The van der Waals surface area contributed by atoms with Crippen LogP contribution in [0, 0.1) is 0 Å². The van der Waals surface area contributed by atoms with Gasteiger partial charge in [0.1, 0.15) is 6.04 Å². The maximum atomic E-state index is 5.45. The van der Waals surface area contributed by atoms with Gasteiger partial charge in [-0.2, -0.15) is 4.99 Å². The highest BCUT2D eigenvalue weighted by Gasteiger charge is 2.52. The van der Waals surface area contributed by atoms with Crippen LogP contribution in [0.2, 0.25) is 0 Å². The summed E-state index contributed by atoms with van der Waals surface area (Å²) in [6, 6.07) is 72.2. The van der Waals surface area contributed by atoms with Gasteiger partial charge in [0.2, 0.25) is 5.84 Å². The molecule has 0 amide bonds. The highest BCUT2D eigenvalue weighted by Crippen LogP contribution is 2.63. The van der Waals surface area contributed by atoms with E-state index in [1.54, 1.807) is 5.57 Å². The van der Waals surface area contributed by atoms with E-state index in [0.29, 0.717) is 0 Å². The maximum Gasteiger partial charge on any atom is 0.232 e. The molecule has 2 heterocycles. The third-order valence-electron chi connectivity index (χ3n) is 14.6. The van der Waals surface area contributed by atoms with Gasteiger partial charge < -0.3 is 4.57 Å². The van der Waals surface area contributed by atoms with Gasteiger partial charge in [0, 0.05) is 33.4 Å². The number of allylic oxidation sites excluding steroid dienone is 4. The molecule has 3 aliphatic carbocycles. The summed E-state index contributed by atoms with van der Waals surface area (Å²) in [6.07, 6.45) is 9.24. The van der Waals surface area contributed by atoms with Crippen LogP contribution in [0.3, 0.4) is 0 Å². The van der Waals surface area contributed by atoms with Crippen molar-refractivity contribution in [1.82, 2.24) is 4.57 Å². The van der Waals surface area contributed by atoms with E-state index < -0.39 is 0 Å². The molecule has 3 heteroatoms. The Labute approximate surface area is 371 Å². The fraction of sp³-hybridized carbons (Fsp3) is 0.0656. The molecule has 10 aromatic rings. The second kappa shape index (κ2) is 13.6. The Bertz CT molecular complexity index is 3770. The first-order valence-electron chi connectivity index (χ1n) is 22.6. The standard InChI is InChI=1S/C61H41N3/c1-2-15-38(16-3-1)55-37-56(42-29-32-48-47-22-8-12-26-53(47)61(54(48)35-42)51-24-10-6-20-45(51)46-21-7-11-25-52(46)61)63-60(62-55)43-30-31-44-41(33-43)19-14-28-57(44)64-58-27-13-9-23-49(58)50-34-39-17-4-5-18-40(39)36-59(50)64/h1-10,12-24,26-37,56H,11,25H2,(H,62,63)/p+1. The number of rotatable bonds is 4. The number of hydrogen-bond acceptors (Lipinski definition) is 1. The zero-order valence-corrected chi connectivity index (χ0v) is 35.2. The van der Waals surface area contributed by atoms with Gasteiger partial charge in [-0.3, -0.25) is 5.32 Å². The summed E-state index contributed by atoms with van der Waals surface area (Å²) in [4.78, 5) is 5.45. The zero-order valence-electron chi connectivity index (χ0n) is 35.2. The maximum absolute atomic E-state index is 5.45. The molecule has 0 bridgehead atoms. The zero-order chi connectivity index (χ0) is 41.9. The van der Waals surface area contributed by atoms with Crippen molar-refractivity contribution < 1.29 is 5.32 Å². The molecule has 2 unspecified atom stereocenters. The SMILES string of the molecule is C1=CC2=C(CC1)C1(c3ccccc32)c2ccccc2-c2ccc(C3C=C(c4ccccc4)N=C(c4ccc5c(-n6c7ccccc7c7cc8ccccc8cc76)cccc5c4)[NH2+]3)cc21. The lowest BCUT2D eigenvalue weighted by molar-refractivity contribution is -0.575. The molecule has 300 valence electrons. The number of quaternary nitrogens is 1. The number of para-hydroxylation sites is 1. The molecule has 14 rings (SSSR count). The van der Waals surface area contributed by atoms with Gasteiger partial charge in [-0.1, -0.05) is 164 Å². The number of hydrogen-bond donors (Lipinski definition) is 1. The van der Waals surface area contributed by atoms with Gasteiger partial charge >= 0.3 is 0 Å². The Kier molecular flexibility index (Phi) is 7.57. The van der Waals surface area contributed by atoms with Gasteiger partial charge in [-0.05, 0) is 116 Å². The van der Waals surface area contributed by atoms with Crippen LogP contribution in [0.5, 0.6) is 0 Å². The van der Waals surface area contributed by atoms with E-state index in [1.165, 1.54) is 93.6 Å². The van der Waals surface area contributed by atoms with E-state index in [4.69, 9.17) is 4.99 Å². The molecule has 0 saturated carbocycles.